The van der Waals surface area contributed by atoms with Crippen LogP contribution in [0.4, 0.5) is 0 Å². The van der Waals surface area contributed by atoms with Gasteiger partial charge in [-0.15, -0.1) is 0 Å². The Labute approximate surface area is 154 Å². The largest absolute Gasteiger partial charge is 0.488 e. The Hall–Kier alpha value is -2.79. The van der Waals surface area contributed by atoms with E-state index in [1.54, 1.807) is 18.2 Å². The molecule has 0 radical (unpaired) electrons. The smallest absolute Gasteiger partial charge is 0.252 e. The van der Waals surface area contributed by atoms with Gasteiger partial charge in [0, 0.05) is 4.47 Å². The molecule has 2 N–H and O–H groups in total. The molecule has 4 nitrogen and oxygen atoms in total. The molecule has 1 amide bonds. The molecule has 0 saturated heterocycles. The second kappa shape index (κ2) is 7.85. The summed E-state index contributed by atoms with van der Waals surface area (Å²) in [6, 6.07) is 22.3. The molecule has 25 heavy (non-hydrogen) atoms. The summed E-state index contributed by atoms with van der Waals surface area (Å²) in [7, 11) is 0. The van der Waals surface area contributed by atoms with Crippen LogP contribution in [-0.2, 0) is 6.61 Å². The van der Waals surface area contributed by atoms with E-state index in [-0.39, 0.29) is 0 Å². The van der Waals surface area contributed by atoms with Gasteiger partial charge in [0.2, 0.25) is 0 Å². The zero-order valence-corrected chi connectivity index (χ0v) is 14.9. The van der Waals surface area contributed by atoms with Gasteiger partial charge in [-0.05, 0) is 48.0 Å². The summed E-state index contributed by atoms with van der Waals surface area (Å²) < 4.78 is 12.3. The maximum absolute atomic E-state index is 11.5. The first kappa shape index (κ1) is 17.0. The van der Waals surface area contributed by atoms with E-state index in [4.69, 9.17) is 15.2 Å². The third kappa shape index (κ3) is 4.61. The Bertz CT molecular complexity index is 864. The van der Waals surface area contributed by atoms with Crippen molar-refractivity contribution in [3.63, 3.8) is 0 Å². The summed E-state index contributed by atoms with van der Waals surface area (Å²) in [5.41, 5.74) is 6.69. The predicted molar refractivity (Wildman–Crippen MR) is 99.9 cm³/mol. The molecule has 0 unspecified atom stereocenters. The lowest BCUT2D eigenvalue weighted by atomic mass is 10.2. The number of rotatable bonds is 6. The van der Waals surface area contributed by atoms with Gasteiger partial charge in [0.25, 0.3) is 5.91 Å². The molecule has 0 saturated carbocycles. The topological polar surface area (TPSA) is 61.6 Å². The molecule has 3 rings (SSSR count). The summed E-state index contributed by atoms with van der Waals surface area (Å²) in [6.07, 6.45) is 0. The highest BCUT2D eigenvalue weighted by molar-refractivity contribution is 9.10. The second-order valence-corrected chi connectivity index (χ2v) is 6.27. The fraction of sp³-hybridized carbons (Fsp3) is 0.0500. The normalized spacial score (nSPS) is 10.3. The standard InChI is InChI=1S/C20H16BrNO3/c21-15-8-11-19(18(12-15)20(22)23)24-13-14-6-9-17(10-7-14)25-16-4-2-1-3-5-16/h1-12H,13H2,(H2,22,23). The first-order chi connectivity index (χ1) is 12.1. The summed E-state index contributed by atoms with van der Waals surface area (Å²) in [5, 5.41) is 0. The van der Waals surface area contributed by atoms with Crippen molar-refractivity contribution in [2.45, 2.75) is 6.61 Å². The second-order valence-electron chi connectivity index (χ2n) is 5.35. The minimum absolute atomic E-state index is 0.327. The van der Waals surface area contributed by atoms with Gasteiger partial charge in [0.1, 0.15) is 23.9 Å². The number of ether oxygens (including phenoxy) is 2. The van der Waals surface area contributed by atoms with Crippen molar-refractivity contribution < 1.29 is 14.3 Å². The average molecular weight is 398 g/mol. The van der Waals surface area contributed by atoms with Crippen LogP contribution in [0.5, 0.6) is 17.2 Å². The number of carbonyl (C=O) groups is 1. The maximum atomic E-state index is 11.5. The van der Waals surface area contributed by atoms with Crippen molar-refractivity contribution >= 4 is 21.8 Å². The Morgan fingerprint density at radius 3 is 2.28 bits per heavy atom. The zero-order valence-electron chi connectivity index (χ0n) is 13.3. The van der Waals surface area contributed by atoms with E-state index in [1.807, 2.05) is 54.6 Å². The highest BCUT2D eigenvalue weighted by Gasteiger charge is 2.10. The summed E-state index contributed by atoms with van der Waals surface area (Å²) in [5.74, 6) is 1.46. The van der Waals surface area contributed by atoms with Gasteiger partial charge in [-0.3, -0.25) is 4.79 Å². The number of hydrogen-bond acceptors (Lipinski definition) is 3. The minimum atomic E-state index is -0.525. The van der Waals surface area contributed by atoms with Crippen LogP contribution in [0, 0.1) is 0 Å². The van der Waals surface area contributed by atoms with Gasteiger partial charge in [0.15, 0.2) is 0 Å². The first-order valence-corrected chi connectivity index (χ1v) is 8.45. The van der Waals surface area contributed by atoms with E-state index in [1.165, 1.54) is 0 Å². The number of hydrogen-bond donors (Lipinski definition) is 1. The lowest BCUT2D eigenvalue weighted by Crippen LogP contribution is -2.13. The monoisotopic (exact) mass is 397 g/mol. The molecule has 0 spiro atoms. The van der Waals surface area contributed by atoms with Gasteiger partial charge >= 0.3 is 0 Å². The molecule has 126 valence electrons. The SMILES string of the molecule is NC(=O)c1cc(Br)ccc1OCc1ccc(Oc2ccccc2)cc1. The number of amides is 1. The molecule has 0 atom stereocenters. The van der Waals surface area contributed by atoms with Crippen molar-refractivity contribution in [2.24, 2.45) is 5.73 Å². The molecule has 3 aromatic rings. The number of primary amides is 1. The van der Waals surface area contributed by atoms with Gasteiger partial charge in [-0.1, -0.05) is 46.3 Å². The van der Waals surface area contributed by atoms with E-state index >= 15 is 0 Å². The van der Waals surface area contributed by atoms with Crippen LogP contribution < -0.4 is 15.2 Å². The quantitative estimate of drug-likeness (QED) is 0.641. The van der Waals surface area contributed by atoms with Gasteiger partial charge in [-0.25, -0.2) is 0 Å². The molecule has 0 aliphatic rings. The number of benzene rings is 3. The van der Waals surface area contributed by atoms with Crippen LogP contribution in [-0.4, -0.2) is 5.91 Å². The maximum Gasteiger partial charge on any atom is 0.252 e. The van der Waals surface area contributed by atoms with Crippen molar-refractivity contribution in [1.82, 2.24) is 0 Å². The molecule has 0 aromatic heterocycles. The molecular formula is C20H16BrNO3. The van der Waals surface area contributed by atoms with Crippen LogP contribution in [0.2, 0.25) is 0 Å². The van der Waals surface area contributed by atoms with E-state index < -0.39 is 5.91 Å². The fourth-order valence-electron chi connectivity index (χ4n) is 2.26. The zero-order chi connectivity index (χ0) is 17.6. The Balaban J connectivity index is 1.65. The lowest BCUT2D eigenvalue weighted by Gasteiger charge is -2.11. The summed E-state index contributed by atoms with van der Waals surface area (Å²) in [6.45, 7) is 0.327. The Morgan fingerprint density at radius 2 is 1.60 bits per heavy atom. The van der Waals surface area contributed by atoms with Crippen LogP contribution in [0.25, 0.3) is 0 Å². The summed E-state index contributed by atoms with van der Waals surface area (Å²) >= 11 is 3.32. The molecule has 3 aromatic carbocycles. The van der Waals surface area contributed by atoms with Gasteiger partial charge in [0.05, 0.1) is 5.56 Å². The highest BCUT2D eigenvalue weighted by Crippen LogP contribution is 2.25. The number of halogens is 1. The van der Waals surface area contributed by atoms with Crippen molar-refractivity contribution in [2.75, 3.05) is 0 Å². The Kier molecular flexibility index (Phi) is 5.36. The first-order valence-electron chi connectivity index (χ1n) is 7.66. The number of nitrogens with two attached hydrogens (primary N) is 1. The summed E-state index contributed by atoms with van der Waals surface area (Å²) in [4.78, 5) is 11.5. The van der Waals surface area contributed by atoms with E-state index in [0.717, 1.165) is 21.5 Å². The predicted octanol–water partition coefficient (Wildman–Crippen LogP) is 4.92. The number of para-hydroxylation sites is 1. The van der Waals surface area contributed by atoms with Gasteiger partial charge < -0.3 is 15.2 Å². The molecule has 0 fully saturated rings. The third-order valence-electron chi connectivity index (χ3n) is 3.50. The molecular weight excluding hydrogens is 382 g/mol. The lowest BCUT2D eigenvalue weighted by molar-refractivity contribution is 0.0996. The van der Waals surface area contributed by atoms with E-state index in [9.17, 15) is 4.79 Å². The van der Waals surface area contributed by atoms with E-state index in [0.29, 0.717) is 17.9 Å². The molecule has 5 heteroatoms. The van der Waals surface area contributed by atoms with Crippen LogP contribution in [0.3, 0.4) is 0 Å². The Morgan fingerprint density at radius 1 is 0.920 bits per heavy atom. The third-order valence-corrected chi connectivity index (χ3v) is 4.00. The van der Waals surface area contributed by atoms with Crippen molar-refractivity contribution in [1.29, 1.82) is 0 Å². The van der Waals surface area contributed by atoms with Crippen molar-refractivity contribution in [3.05, 3.63) is 88.4 Å². The van der Waals surface area contributed by atoms with Gasteiger partial charge in [-0.2, -0.15) is 0 Å². The number of carbonyl (C=O) groups excluding carboxylic acids is 1. The molecule has 0 aliphatic heterocycles. The molecule has 0 bridgehead atoms. The van der Waals surface area contributed by atoms with Crippen LogP contribution >= 0.6 is 15.9 Å². The average Bonchev–Trinajstić information content (AvgIpc) is 2.62. The molecule has 0 aliphatic carbocycles. The van der Waals surface area contributed by atoms with Crippen molar-refractivity contribution in [3.8, 4) is 17.2 Å². The minimum Gasteiger partial charge on any atom is -0.488 e. The van der Waals surface area contributed by atoms with Crippen LogP contribution in [0.15, 0.2) is 77.3 Å². The fourth-order valence-corrected chi connectivity index (χ4v) is 2.62. The molecule has 0 heterocycles. The van der Waals surface area contributed by atoms with Crippen LogP contribution in [0.1, 0.15) is 15.9 Å². The highest BCUT2D eigenvalue weighted by atomic mass is 79.9. The van der Waals surface area contributed by atoms with E-state index in [2.05, 4.69) is 15.9 Å².